The SMILES string of the molecule is CC(C)(C)C(=O)c1cccc(Cl)c1. The molecule has 0 radical (unpaired) electrons. The van der Waals surface area contributed by atoms with Crippen molar-refractivity contribution in [1.29, 1.82) is 0 Å². The first-order valence-corrected chi connectivity index (χ1v) is 4.59. The largest absolute Gasteiger partial charge is 0.294 e. The summed E-state index contributed by atoms with van der Waals surface area (Å²) in [5, 5.41) is 0.607. The Morgan fingerprint density at radius 3 is 2.38 bits per heavy atom. The van der Waals surface area contributed by atoms with Crippen molar-refractivity contribution in [3.63, 3.8) is 0 Å². The standard InChI is InChI=1S/C11H13ClO/c1-11(2,3)10(13)8-5-4-6-9(12)7-8/h4-7H,1-3H3. The van der Waals surface area contributed by atoms with E-state index in [4.69, 9.17) is 11.6 Å². The Labute approximate surface area is 83.7 Å². The number of rotatable bonds is 1. The van der Waals surface area contributed by atoms with Crippen LogP contribution in [0, 0.1) is 5.41 Å². The molecule has 0 aliphatic rings. The fourth-order valence-electron chi connectivity index (χ4n) is 1.06. The van der Waals surface area contributed by atoms with Crippen LogP contribution in [0.3, 0.4) is 0 Å². The Balaban J connectivity index is 3.03. The summed E-state index contributed by atoms with van der Waals surface area (Å²) < 4.78 is 0. The fourth-order valence-corrected chi connectivity index (χ4v) is 1.25. The van der Waals surface area contributed by atoms with Gasteiger partial charge in [0.15, 0.2) is 5.78 Å². The second-order valence-electron chi connectivity index (χ2n) is 4.09. The van der Waals surface area contributed by atoms with Gasteiger partial charge in [-0.15, -0.1) is 0 Å². The Hall–Kier alpha value is -0.820. The van der Waals surface area contributed by atoms with E-state index < -0.39 is 0 Å². The van der Waals surface area contributed by atoms with Gasteiger partial charge in [0.2, 0.25) is 0 Å². The van der Waals surface area contributed by atoms with Gasteiger partial charge in [-0.1, -0.05) is 44.5 Å². The number of hydrogen-bond acceptors (Lipinski definition) is 1. The van der Waals surface area contributed by atoms with Crippen LogP contribution in [0.5, 0.6) is 0 Å². The summed E-state index contributed by atoms with van der Waals surface area (Å²) in [7, 11) is 0. The first-order chi connectivity index (χ1) is 5.91. The molecule has 0 aliphatic carbocycles. The number of halogens is 1. The van der Waals surface area contributed by atoms with Crippen LogP contribution in [0.4, 0.5) is 0 Å². The summed E-state index contributed by atoms with van der Waals surface area (Å²) in [5.41, 5.74) is 0.338. The monoisotopic (exact) mass is 196 g/mol. The molecule has 1 nitrogen and oxygen atoms in total. The molecule has 0 fully saturated rings. The van der Waals surface area contributed by atoms with Crippen molar-refractivity contribution in [2.24, 2.45) is 5.41 Å². The molecular formula is C11H13ClO. The maximum absolute atomic E-state index is 11.8. The third-order valence-electron chi connectivity index (χ3n) is 1.77. The zero-order valence-electron chi connectivity index (χ0n) is 8.10. The van der Waals surface area contributed by atoms with E-state index >= 15 is 0 Å². The molecule has 0 bridgehead atoms. The fraction of sp³-hybridized carbons (Fsp3) is 0.364. The molecular weight excluding hydrogens is 184 g/mol. The molecule has 0 amide bonds. The van der Waals surface area contributed by atoms with Crippen molar-refractivity contribution in [3.8, 4) is 0 Å². The molecule has 0 N–H and O–H groups in total. The van der Waals surface area contributed by atoms with E-state index in [0.717, 1.165) is 0 Å². The van der Waals surface area contributed by atoms with Gasteiger partial charge in [0.25, 0.3) is 0 Å². The molecule has 13 heavy (non-hydrogen) atoms. The lowest BCUT2D eigenvalue weighted by atomic mass is 9.87. The molecule has 1 rings (SSSR count). The number of carbonyl (C=O) groups excluding carboxylic acids is 1. The Morgan fingerprint density at radius 2 is 1.92 bits per heavy atom. The summed E-state index contributed by atoms with van der Waals surface area (Å²) in [5.74, 6) is 0.120. The Morgan fingerprint density at radius 1 is 1.31 bits per heavy atom. The molecule has 0 saturated heterocycles. The van der Waals surface area contributed by atoms with E-state index in [-0.39, 0.29) is 11.2 Å². The highest BCUT2D eigenvalue weighted by atomic mass is 35.5. The second-order valence-corrected chi connectivity index (χ2v) is 4.53. The van der Waals surface area contributed by atoms with Gasteiger partial charge in [0.1, 0.15) is 0 Å². The number of Topliss-reactive ketones (excluding diaryl/α,β-unsaturated/α-hetero) is 1. The van der Waals surface area contributed by atoms with E-state index in [1.165, 1.54) is 0 Å². The molecule has 0 saturated carbocycles. The molecule has 70 valence electrons. The molecule has 0 heterocycles. The van der Waals surface area contributed by atoms with Crippen LogP contribution in [0.25, 0.3) is 0 Å². The van der Waals surface area contributed by atoms with Crippen LogP contribution in [-0.2, 0) is 0 Å². The topological polar surface area (TPSA) is 17.1 Å². The predicted octanol–water partition coefficient (Wildman–Crippen LogP) is 3.57. The molecule has 1 aromatic rings. The van der Waals surface area contributed by atoms with E-state index in [2.05, 4.69) is 0 Å². The molecule has 0 aliphatic heterocycles. The van der Waals surface area contributed by atoms with Gasteiger partial charge in [-0.05, 0) is 12.1 Å². The minimum atomic E-state index is -0.343. The third kappa shape index (κ3) is 2.56. The van der Waals surface area contributed by atoms with Gasteiger partial charge >= 0.3 is 0 Å². The van der Waals surface area contributed by atoms with Gasteiger partial charge in [-0.2, -0.15) is 0 Å². The van der Waals surface area contributed by atoms with Crippen molar-refractivity contribution in [2.75, 3.05) is 0 Å². The predicted molar refractivity (Wildman–Crippen MR) is 55.2 cm³/mol. The highest BCUT2D eigenvalue weighted by molar-refractivity contribution is 6.31. The summed E-state index contributed by atoms with van der Waals surface area (Å²) in [6.45, 7) is 5.70. The maximum Gasteiger partial charge on any atom is 0.168 e. The average Bonchev–Trinajstić information content (AvgIpc) is 2.01. The molecule has 0 unspecified atom stereocenters. The Bertz CT molecular complexity index is 323. The van der Waals surface area contributed by atoms with Gasteiger partial charge in [0.05, 0.1) is 0 Å². The van der Waals surface area contributed by atoms with Gasteiger partial charge in [-0.3, -0.25) is 4.79 Å². The number of ketones is 1. The van der Waals surface area contributed by atoms with Crippen LogP contribution in [-0.4, -0.2) is 5.78 Å². The first kappa shape index (κ1) is 10.3. The van der Waals surface area contributed by atoms with Crippen molar-refractivity contribution in [1.82, 2.24) is 0 Å². The lowest BCUT2D eigenvalue weighted by Crippen LogP contribution is -2.19. The summed E-state index contributed by atoms with van der Waals surface area (Å²) in [6, 6.07) is 7.05. The van der Waals surface area contributed by atoms with Gasteiger partial charge < -0.3 is 0 Å². The number of carbonyl (C=O) groups is 1. The average molecular weight is 197 g/mol. The van der Waals surface area contributed by atoms with Crippen molar-refractivity contribution < 1.29 is 4.79 Å². The lowest BCUT2D eigenvalue weighted by molar-refractivity contribution is 0.0858. The normalized spacial score (nSPS) is 11.4. The van der Waals surface area contributed by atoms with Gasteiger partial charge in [0, 0.05) is 16.0 Å². The van der Waals surface area contributed by atoms with Crippen LogP contribution < -0.4 is 0 Å². The van der Waals surface area contributed by atoms with Crippen molar-refractivity contribution in [2.45, 2.75) is 20.8 Å². The second kappa shape index (κ2) is 3.51. The van der Waals surface area contributed by atoms with E-state index in [9.17, 15) is 4.79 Å². The summed E-state index contributed by atoms with van der Waals surface area (Å²) >= 11 is 5.79. The van der Waals surface area contributed by atoms with Crippen LogP contribution in [0.2, 0.25) is 5.02 Å². The third-order valence-corrected chi connectivity index (χ3v) is 2.00. The number of hydrogen-bond donors (Lipinski definition) is 0. The zero-order chi connectivity index (χ0) is 10.1. The maximum atomic E-state index is 11.8. The Kier molecular flexibility index (Phi) is 2.77. The zero-order valence-corrected chi connectivity index (χ0v) is 8.85. The van der Waals surface area contributed by atoms with Crippen molar-refractivity contribution in [3.05, 3.63) is 34.9 Å². The summed E-state index contributed by atoms with van der Waals surface area (Å²) in [6.07, 6.45) is 0. The minimum Gasteiger partial charge on any atom is -0.294 e. The minimum absolute atomic E-state index is 0.120. The molecule has 1 aromatic carbocycles. The smallest absolute Gasteiger partial charge is 0.168 e. The van der Waals surface area contributed by atoms with Gasteiger partial charge in [-0.25, -0.2) is 0 Å². The van der Waals surface area contributed by atoms with E-state index in [1.807, 2.05) is 20.8 Å². The van der Waals surface area contributed by atoms with E-state index in [0.29, 0.717) is 10.6 Å². The van der Waals surface area contributed by atoms with Crippen LogP contribution in [0.15, 0.2) is 24.3 Å². The molecule has 2 heteroatoms. The lowest BCUT2D eigenvalue weighted by Gasteiger charge is -2.16. The van der Waals surface area contributed by atoms with Crippen molar-refractivity contribution >= 4 is 17.4 Å². The summed E-state index contributed by atoms with van der Waals surface area (Å²) in [4.78, 5) is 11.8. The highest BCUT2D eigenvalue weighted by Crippen LogP contribution is 2.22. The molecule has 0 spiro atoms. The quantitative estimate of drug-likeness (QED) is 0.628. The number of benzene rings is 1. The highest BCUT2D eigenvalue weighted by Gasteiger charge is 2.22. The van der Waals surface area contributed by atoms with Crippen LogP contribution in [0.1, 0.15) is 31.1 Å². The van der Waals surface area contributed by atoms with Crippen LogP contribution >= 0.6 is 11.6 Å². The molecule has 0 atom stereocenters. The van der Waals surface area contributed by atoms with E-state index in [1.54, 1.807) is 24.3 Å². The first-order valence-electron chi connectivity index (χ1n) is 4.21. The molecule has 0 aromatic heterocycles.